The second kappa shape index (κ2) is 5.88. The van der Waals surface area contributed by atoms with Gasteiger partial charge in [-0.2, -0.15) is 0 Å². The van der Waals surface area contributed by atoms with Crippen LogP contribution in [0.4, 0.5) is 5.82 Å². The van der Waals surface area contributed by atoms with E-state index in [1.807, 2.05) is 13.0 Å². The molecule has 0 bridgehead atoms. The first kappa shape index (κ1) is 14.3. The van der Waals surface area contributed by atoms with E-state index in [1.54, 1.807) is 12.3 Å². The van der Waals surface area contributed by atoms with E-state index in [4.69, 9.17) is 10.5 Å². The predicted octanol–water partition coefficient (Wildman–Crippen LogP) is 2.68. The van der Waals surface area contributed by atoms with Gasteiger partial charge in [-0.25, -0.2) is 4.98 Å². The molecule has 0 aliphatic heterocycles. The monoisotopic (exact) mass is 264 g/mol. The average molecular weight is 264 g/mol. The van der Waals surface area contributed by atoms with Gasteiger partial charge in [0.15, 0.2) is 0 Å². The topological polar surface area (TPSA) is 68.4 Å². The number of aliphatic hydroxyl groups excluding tert-OH is 1. The average Bonchev–Trinajstić information content (AvgIpc) is 2.42. The van der Waals surface area contributed by atoms with Gasteiger partial charge in [-0.1, -0.05) is 13.0 Å². The van der Waals surface area contributed by atoms with Gasteiger partial charge in [-0.15, -0.1) is 0 Å². The van der Waals surface area contributed by atoms with Crippen LogP contribution in [0, 0.1) is 5.92 Å². The first-order valence-corrected chi connectivity index (χ1v) is 7.11. The fraction of sp³-hybridized carbons (Fsp3) is 0.667. The van der Waals surface area contributed by atoms with Crippen molar-refractivity contribution < 1.29 is 9.84 Å². The lowest BCUT2D eigenvalue weighted by molar-refractivity contribution is -0.146. The maximum Gasteiger partial charge on any atom is 0.129 e. The fourth-order valence-electron chi connectivity index (χ4n) is 2.98. The highest BCUT2D eigenvalue weighted by Gasteiger charge is 2.42. The van der Waals surface area contributed by atoms with Gasteiger partial charge in [0.25, 0.3) is 0 Å². The molecule has 0 radical (unpaired) electrons. The molecule has 1 aromatic rings. The van der Waals surface area contributed by atoms with Gasteiger partial charge >= 0.3 is 0 Å². The molecule has 1 atom stereocenters. The van der Waals surface area contributed by atoms with Gasteiger partial charge in [0, 0.05) is 18.4 Å². The van der Waals surface area contributed by atoms with E-state index in [9.17, 15) is 5.11 Å². The summed E-state index contributed by atoms with van der Waals surface area (Å²) in [7, 11) is 0. The molecule has 19 heavy (non-hydrogen) atoms. The second-order valence-electron chi connectivity index (χ2n) is 5.56. The number of pyridine rings is 1. The summed E-state index contributed by atoms with van der Waals surface area (Å²) in [6, 6.07) is 3.64. The second-order valence-corrected chi connectivity index (χ2v) is 5.56. The Labute approximate surface area is 115 Å². The summed E-state index contributed by atoms with van der Waals surface area (Å²) < 4.78 is 5.96. The minimum Gasteiger partial charge on any atom is -0.385 e. The Morgan fingerprint density at radius 3 is 2.79 bits per heavy atom. The lowest BCUT2D eigenvalue weighted by Gasteiger charge is -2.42. The van der Waals surface area contributed by atoms with Crippen LogP contribution in [0.2, 0.25) is 0 Å². The Morgan fingerprint density at radius 1 is 1.53 bits per heavy atom. The number of ether oxygens (including phenoxy) is 1. The molecule has 4 nitrogen and oxygen atoms in total. The van der Waals surface area contributed by atoms with E-state index in [0.717, 1.165) is 25.7 Å². The minimum absolute atomic E-state index is 0.396. The lowest BCUT2D eigenvalue weighted by Crippen LogP contribution is -2.43. The fourth-order valence-corrected chi connectivity index (χ4v) is 2.98. The molecule has 2 rings (SSSR count). The van der Waals surface area contributed by atoms with Crippen molar-refractivity contribution in [2.24, 2.45) is 5.92 Å². The molecular formula is C15H24N2O2. The van der Waals surface area contributed by atoms with Crippen molar-refractivity contribution >= 4 is 5.82 Å². The number of nitrogens with two attached hydrogens (primary N) is 1. The quantitative estimate of drug-likeness (QED) is 0.877. The molecule has 0 saturated heterocycles. The highest BCUT2D eigenvalue weighted by molar-refractivity contribution is 5.41. The van der Waals surface area contributed by atoms with Crippen molar-refractivity contribution in [1.82, 2.24) is 4.98 Å². The normalized spacial score (nSPS) is 29.1. The predicted molar refractivity (Wildman–Crippen MR) is 75.6 cm³/mol. The van der Waals surface area contributed by atoms with Crippen molar-refractivity contribution in [3.63, 3.8) is 0 Å². The van der Waals surface area contributed by atoms with E-state index >= 15 is 0 Å². The Hall–Kier alpha value is -1.13. The molecule has 1 saturated carbocycles. The van der Waals surface area contributed by atoms with E-state index in [1.165, 1.54) is 0 Å². The third-order valence-corrected chi connectivity index (χ3v) is 4.22. The van der Waals surface area contributed by atoms with Crippen LogP contribution >= 0.6 is 0 Å². The van der Waals surface area contributed by atoms with Crippen LogP contribution in [0.3, 0.4) is 0 Å². The zero-order valence-electron chi connectivity index (χ0n) is 11.8. The van der Waals surface area contributed by atoms with Gasteiger partial charge in [-0.05, 0) is 44.6 Å². The number of nitrogen functional groups attached to an aromatic ring is 1. The van der Waals surface area contributed by atoms with Gasteiger partial charge in [0.05, 0.1) is 5.60 Å². The Bertz CT molecular complexity index is 414. The Balaban J connectivity index is 2.26. The third-order valence-electron chi connectivity index (χ3n) is 4.22. The van der Waals surface area contributed by atoms with E-state index < -0.39 is 11.7 Å². The van der Waals surface area contributed by atoms with E-state index in [0.29, 0.717) is 23.9 Å². The molecule has 0 aromatic carbocycles. The standard InChI is InChI=1S/C15H24N2O2/c1-3-19-15(8-6-11(2)7-9-15)13(18)12-5-4-10-17-14(12)16/h4-5,10-11,13,18H,3,6-9H2,1-2H3,(H2,16,17). The number of nitrogens with zero attached hydrogens (tertiary/aromatic N) is 1. The lowest BCUT2D eigenvalue weighted by atomic mass is 9.74. The molecule has 4 heteroatoms. The molecule has 1 aliphatic rings. The van der Waals surface area contributed by atoms with Crippen LogP contribution in [-0.2, 0) is 4.74 Å². The van der Waals surface area contributed by atoms with Crippen LogP contribution in [0.1, 0.15) is 51.2 Å². The largest absolute Gasteiger partial charge is 0.385 e. The van der Waals surface area contributed by atoms with Crippen molar-refractivity contribution in [2.75, 3.05) is 12.3 Å². The number of aromatic nitrogens is 1. The molecule has 106 valence electrons. The highest BCUT2D eigenvalue weighted by Crippen LogP contribution is 2.44. The summed E-state index contributed by atoms with van der Waals surface area (Å²) >= 11 is 0. The summed E-state index contributed by atoms with van der Waals surface area (Å²) in [5, 5.41) is 10.7. The van der Waals surface area contributed by atoms with Crippen molar-refractivity contribution in [2.45, 2.75) is 51.2 Å². The Kier molecular flexibility index (Phi) is 4.42. The molecule has 1 aromatic heterocycles. The minimum atomic E-state index is -0.700. The maximum absolute atomic E-state index is 10.7. The number of anilines is 1. The Morgan fingerprint density at radius 2 is 2.21 bits per heavy atom. The maximum atomic E-state index is 10.7. The first-order valence-electron chi connectivity index (χ1n) is 7.11. The molecular weight excluding hydrogens is 240 g/mol. The van der Waals surface area contributed by atoms with Crippen LogP contribution in [0.15, 0.2) is 18.3 Å². The zero-order valence-corrected chi connectivity index (χ0v) is 11.8. The number of rotatable bonds is 4. The van der Waals surface area contributed by atoms with Crippen molar-refractivity contribution in [3.05, 3.63) is 23.9 Å². The van der Waals surface area contributed by atoms with Gasteiger partial charge in [0.2, 0.25) is 0 Å². The van der Waals surface area contributed by atoms with E-state index in [2.05, 4.69) is 11.9 Å². The zero-order chi connectivity index (χ0) is 13.9. The molecule has 0 spiro atoms. The van der Waals surface area contributed by atoms with Gasteiger partial charge < -0.3 is 15.6 Å². The molecule has 0 amide bonds. The molecule has 1 heterocycles. The molecule has 3 N–H and O–H groups in total. The van der Waals surface area contributed by atoms with Crippen molar-refractivity contribution in [3.8, 4) is 0 Å². The molecule has 1 unspecified atom stereocenters. The third kappa shape index (κ3) is 2.90. The van der Waals surface area contributed by atoms with E-state index in [-0.39, 0.29) is 0 Å². The summed E-state index contributed by atoms with van der Waals surface area (Å²) in [5.41, 5.74) is 6.07. The van der Waals surface area contributed by atoms with Crippen LogP contribution in [0.25, 0.3) is 0 Å². The van der Waals surface area contributed by atoms with Crippen molar-refractivity contribution in [1.29, 1.82) is 0 Å². The number of aliphatic hydroxyl groups is 1. The summed E-state index contributed by atoms with van der Waals surface area (Å²) in [4.78, 5) is 4.06. The SMILES string of the molecule is CCOC1(C(O)c2cccnc2N)CCC(C)CC1. The summed E-state index contributed by atoms with van der Waals surface area (Å²) in [6.07, 6.45) is 4.85. The number of hydrogen-bond acceptors (Lipinski definition) is 4. The van der Waals surface area contributed by atoms with Gasteiger partial charge in [-0.3, -0.25) is 0 Å². The van der Waals surface area contributed by atoms with Crippen LogP contribution in [0.5, 0.6) is 0 Å². The first-order chi connectivity index (χ1) is 9.09. The summed E-state index contributed by atoms with van der Waals surface area (Å²) in [5.74, 6) is 1.10. The highest BCUT2D eigenvalue weighted by atomic mass is 16.5. The smallest absolute Gasteiger partial charge is 0.129 e. The van der Waals surface area contributed by atoms with Crippen LogP contribution < -0.4 is 5.73 Å². The van der Waals surface area contributed by atoms with Gasteiger partial charge in [0.1, 0.15) is 11.9 Å². The molecule has 1 fully saturated rings. The molecule has 1 aliphatic carbocycles. The summed E-state index contributed by atoms with van der Waals surface area (Å²) in [6.45, 7) is 4.82. The van der Waals surface area contributed by atoms with Crippen LogP contribution in [-0.4, -0.2) is 22.3 Å². The number of hydrogen-bond donors (Lipinski definition) is 2.